The fraction of sp³-hybridized carbons (Fsp3) is 0.343. The van der Waals surface area contributed by atoms with Gasteiger partial charge in [0.1, 0.15) is 17.2 Å². The van der Waals surface area contributed by atoms with Crippen LogP contribution >= 0.6 is 11.8 Å². The number of thioether (sulfide) groups is 1. The highest BCUT2D eigenvalue weighted by Crippen LogP contribution is 2.40. The van der Waals surface area contributed by atoms with E-state index < -0.39 is 0 Å². The third kappa shape index (κ3) is 6.88. The Bertz CT molecular complexity index is 1490. The zero-order valence-electron chi connectivity index (χ0n) is 24.4. The number of hydrogen-bond acceptors (Lipinski definition) is 6. The van der Waals surface area contributed by atoms with Gasteiger partial charge >= 0.3 is 0 Å². The van der Waals surface area contributed by atoms with E-state index in [-0.39, 0.29) is 11.9 Å². The van der Waals surface area contributed by atoms with Gasteiger partial charge in [0.15, 0.2) is 5.78 Å². The predicted octanol–water partition coefficient (Wildman–Crippen LogP) is 8.17. The number of rotatable bonds is 11. The average Bonchev–Trinajstić information content (AvgIpc) is 3.00. The van der Waals surface area contributed by atoms with Gasteiger partial charge in [-0.05, 0) is 123 Å². The van der Waals surface area contributed by atoms with Crippen LogP contribution in [0.15, 0.2) is 77.7 Å². The van der Waals surface area contributed by atoms with Crippen LogP contribution in [-0.2, 0) is 0 Å². The van der Waals surface area contributed by atoms with Gasteiger partial charge in [0.25, 0.3) is 0 Å². The molecular formula is C35H39NO4S. The van der Waals surface area contributed by atoms with Crippen molar-refractivity contribution in [3.05, 3.63) is 83.9 Å². The molecule has 5 rings (SSSR count). The number of methoxy groups -OCH3 is 1. The number of hydrogen-bond donors (Lipinski definition) is 1. The van der Waals surface area contributed by atoms with Crippen LogP contribution in [0, 0.1) is 0 Å². The molecule has 1 N–H and O–H groups in total. The van der Waals surface area contributed by atoms with Gasteiger partial charge in [-0.15, -0.1) is 11.8 Å². The molecule has 0 aliphatic carbocycles. The van der Waals surface area contributed by atoms with E-state index in [1.165, 1.54) is 19.3 Å². The summed E-state index contributed by atoms with van der Waals surface area (Å²) in [6, 6.07) is 24.2. The van der Waals surface area contributed by atoms with Crippen molar-refractivity contribution in [1.29, 1.82) is 0 Å². The van der Waals surface area contributed by atoms with Gasteiger partial charge in [0, 0.05) is 27.6 Å². The number of nitrogens with one attached hydrogen (secondary N) is 1. The Balaban J connectivity index is 1.50. The van der Waals surface area contributed by atoms with Gasteiger partial charge in [-0.1, -0.05) is 18.6 Å². The molecule has 0 aromatic heterocycles. The van der Waals surface area contributed by atoms with Crippen LogP contribution in [-0.4, -0.2) is 44.4 Å². The molecule has 0 amide bonds. The van der Waals surface area contributed by atoms with Crippen molar-refractivity contribution in [3.8, 4) is 28.4 Å². The number of ether oxygens (including phenoxy) is 3. The second-order valence-electron chi connectivity index (χ2n) is 10.7. The van der Waals surface area contributed by atoms with E-state index in [4.69, 9.17) is 14.2 Å². The molecule has 1 aliphatic rings. The highest BCUT2D eigenvalue weighted by Gasteiger charge is 2.22. The van der Waals surface area contributed by atoms with E-state index in [0.717, 1.165) is 57.0 Å². The molecule has 4 aromatic rings. The molecule has 41 heavy (non-hydrogen) atoms. The van der Waals surface area contributed by atoms with Gasteiger partial charge in [-0.2, -0.15) is 0 Å². The van der Waals surface area contributed by atoms with E-state index in [0.29, 0.717) is 23.8 Å². The Kier molecular flexibility index (Phi) is 9.53. The zero-order chi connectivity index (χ0) is 28.8. The van der Waals surface area contributed by atoms with Crippen LogP contribution in [0.4, 0.5) is 0 Å². The maximum Gasteiger partial charge on any atom is 0.194 e. The van der Waals surface area contributed by atoms with Crippen molar-refractivity contribution in [2.75, 3.05) is 26.5 Å². The lowest BCUT2D eigenvalue weighted by Crippen LogP contribution is -2.35. The first-order valence-corrected chi connectivity index (χ1v) is 15.7. The quantitative estimate of drug-likeness (QED) is 0.145. The van der Waals surface area contributed by atoms with Crippen LogP contribution in [0.2, 0.25) is 0 Å². The second-order valence-corrected chi connectivity index (χ2v) is 11.6. The number of carbonyl (C=O) groups is 1. The Morgan fingerprint density at radius 2 is 1.73 bits per heavy atom. The Labute approximate surface area is 247 Å². The summed E-state index contributed by atoms with van der Waals surface area (Å²) < 4.78 is 17.8. The fourth-order valence-corrected chi connectivity index (χ4v) is 5.87. The van der Waals surface area contributed by atoms with Crippen LogP contribution in [0.5, 0.6) is 17.2 Å². The first kappa shape index (κ1) is 29.0. The summed E-state index contributed by atoms with van der Waals surface area (Å²) in [5, 5.41) is 5.38. The molecule has 0 spiro atoms. The van der Waals surface area contributed by atoms with Gasteiger partial charge < -0.3 is 19.5 Å². The SMILES string of the molecule is COc1ccc2c(C(=O)c3ccc(OCCC4CCCCN4)cc3)c(-c3ccc(SC)cc3OC(C)C)ccc2c1. The van der Waals surface area contributed by atoms with Gasteiger partial charge in [0.2, 0.25) is 0 Å². The van der Waals surface area contributed by atoms with Crippen LogP contribution < -0.4 is 19.5 Å². The Hall–Kier alpha value is -3.48. The lowest BCUT2D eigenvalue weighted by atomic mass is 9.89. The highest BCUT2D eigenvalue weighted by molar-refractivity contribution is 7.98. The summed E-state index contributed by atoms with van der Waals surface area (Å²) >= 11 is 1.67. The lowest BCUT2D eigenvalue weighted by Gasteiger charge is -2.23. The summed E-state index contributed by atoms with van der Waals surface area (Å²) in [6.07, 6.45) is 6.78. The van der Waals surface area contributed by atoms with E-state index in [1.807, 2.05) is 74.7 Å². The Morgan fingerprint density at radius 1 is 0.951 bits per heavy atom. The summed E-state index contributed by atoms with van der Waals surface area (Å²) in [5.41, 5.74) is 3.00. The van der Waals surface area contributed by atoms with Crippen molar-refractivity contribution in [2.24, 2.45) is 0 Å². The summed E-state index contributed by atoms with van der Waals surface area (Å²) in [6.45, 7) is 5.79. The summed E-state index contributed by atoms with van der Waals surface area (Å²) in [5.74, 6) is 2.25. The van der Waals surface area contributed by atoms with E-state index in [9.17, 15) is 4.79 Å². The molecule has 0 bridgehead atoms. The fourth-order valence-electron chi connectivity index (χ4n) is 5.44. The average molecular weight is 570 g/mol. The topological polar surface area (TPSA) is 56.8 Å². The van der Waals surface area contributed by atoms with Crippen LogP contribution in [0.3, 0.4) is 0 Å². The predicted molar refractivity (Wildman–Crippen MR) is 169 cm³/mol. The summed E-state index contributed by atoms with van der Waals surface area (Å²) in [7, 11) is 1.65. The third-order valence-corrected chi connectivity index (χ3v) is 8.28. The Morgan fingerprint density at radius 3 is 2.44 bits per heavy atom. The van der Waals surface area contributed by atoms with Crippen molar-refractivity contribution >= 4 is 28.3 Å². The minimum absolute atomic E-state index is 0.00355. The molecule has 1 atom stereocenters. The van der Waals surface area contributed by atoms with Crippen LogP contribution in [0.25, 0.3) is 21.9 Å². The van der Waals surface area contributed by atoms with E-state index in [2.05, 4.69) is 23.5 Å². The standard InChI is InChI=1S/C35H39NO4S/c1-23(2)40-33-22-29(41-4)14-17-31(33)32-15-10-25-21-28(38-3)13-16-30(25)34(32)35(37)24-8-11-27(12-9-24)39-20-18-26-7-5-6-19-36-26/h8-17,21-23,26,36H,5-7,18-20H2,1-4H3. The number of fused-ring (bicyclic) bond motifs is 1. The molecule has 1 heterocycles. The first-order valence-electron chi connectivity index (χ1n) is 14.4. The highest BCUT2D eigenvalue weighted by atomic mass is 32.2. The molecule has 1 saturated heterocycles. The summed E-state index contributed by atoms with van der Waals surface area (Å²) in [4.78, 5) is 15.4. The molecule has 1 unspecified atom stereocenters. The molecule has 0 radical (unpaired) electrons. The molecule has 5 nitrogen and oxygen atoms in total. The molecule has 4 aromatic carbocycles. The third-order valence-electron chi connectivity index (χ3n) is 7.56. The number of piperidine rings is 1. The van der Waals surface area contributed by atoms with Gasteiger partial charge in [-0.3, -0.25) is 4.79 Å². The maximum absolute atomic E-state index is 14.3. The van der Waals surface area contributed by atoms with Gasteiger partial charge in [0.05, 0.1) is 19.8 Å². The second kappa shape index (κ2) is 13.5. The maximum atomic E-state index is 14.3. The van der Waals surface area contributed by atoms with Crippen molar-refractivity contribution in [3.63, 3.8) is 0 Å². The smallest absolute Gasteiger partial charge is 0.194 e. The molecule has 6 heteroatoms. The van der Waals surface area contributed by atoms with Crippen LogP contribution in [0.1, 0.15) is 55.5 Å². The van der Waals surface area contributed by atoms with Gasteiger partial charge in [-0.25, -0.2) is 0 Å². The molecule has 1 aliphatic heterocycles. The van der Waals surface area contributed by atoms with E-state index >= 15 is 0 Å². The molecule has 214 valence electrons. The lowest BCUT2D eigenvalue weighted by molar-refractivity contribution is 0.104. The molecular weight excluding hydrogens is 530 g/mol. The number of ketones is 1. The van der Waals surface area contributed by atoms with Crippen molar-refractivity contribution in [1.82, 2.24) is 5.32 Å². The minimum Gasteiger partial charge on any atom is -0.497 e. The minimum atomic E-state index is -0.0434. The van der Waals surface area contributed by atoms with Crippen molar-refractivity contribution < 1.29 is 19.0 Å². The zero-order valence-corrected chi connectivity index (χ0v) is 25.2. The van der Waals surface area contributed by atoms with Crippen molar-refractivity contribution in [2.45, 2.75) is 56.6 Å². The first-order chi connectivity index (χ1) is 20.0. The normalized spacial score (nSPS) is 15.2. The molecule has 1 fully saturated rings. The van der Waals surface area contributed by atoms with E-state index in [1.54, 1.807) is 18.9 Å². The monoisotopic (exact) mass is 569 g/mol. The number of carbonyl (C=O) groups excluding carboxylic acids is 1. The molecule has 0 saturated carbocycles. The largest absolute Gasteiger partial charge is 0.497 e. The number of benzene rings is 4.